The lowest BCUT2D eigenvalue weighted by Crippen LogP contribution is -2.24. The van der Waals surface area contributed by atoms with Crippen LogP contribution < -0.4 is 10.2 Å². The molecule has 0 bridgehead atoms. The molecule has 0 fully saturated rings. The zero-order chi connectivity index (χ0) is 19.3. The predicted molar refractivity (Wildman–Crippen MR) is 96.9 cm³/mol. The topological polar surface area (TPSA) is 114 Å². The van der Waals surface area contributed by atoms with Crippen LogP contribution in [0.25, 0.3) is 0 Å². The molecule has 0 atom stereocenters. The lowest BCUT2D eigenvalue weighted by molar-refractivity contribution is -0.385. The summed E-state index contributed by atoms with van der Waals surface area (Å²) in [4.78, 5) is 21.8. The van der Waals surface area contributed by atoms with Crippen LogP contribution in [0.4, 0.5) is 5.69 Å². The van der Waals surface area contributed by atoms with E-state index in [0.717, 1.165) is 23.4 Å². The van der Waals surface area contributed by atoms with Crippen LogP contribution in [0.5, 0.6) is 11.5 Å². The Morgan fingerprint density at radius 1 is 1.35 bits per heavy atom. The largest absolute Gasteiger partial charge is 0.502 e. The SMILES string of the molecule is Cc1ccc(OCC(=O)NN=Cc2cc(Cl)cc([N+](=O)[O-])c2O)cc1C. The maximum absolute atomic E-state index is 11.7. The lowest BCUT2D eigenvalue weighted by Gasteiger charge is -2.07. The second-order valence-electron chi connectivity index (χ2n) is 5.45. The number of hydrogen-bond donors (Lipinski definition) is 2. The van der Waals surface area contributed by atoms with Gasteiger partial charge in [0.05, 0.1) is 11.1 Å². The molecule has 0 aliphatic heterocycles. The lowest BCUT2D eigenvalue weighted by atomic mass is 10.1. The average molecular weight is 378 g/mol. The first kappa shape index (κ1) is 19.2. The second-order valence-corrected chi connectivity index (χ2v) is 5.88. The van der Waals surface area contributed by atoms with Gasteiger partial charge in [0.25, 0.3) is 5.91 Å². The molecule has 0 aliphatic rings. The predicted octanol–water partition coefficient (Wildman–Crippen LogP) is 3.10. The van der Waals surface area contributed by atoms with Crippen LogP contribution in [0.1, 0.15) is 16.7 Å². The van der Waals surface area contributed by atoms with Crippen molar-refractivity contribution in [2.45, 2.75) is 13.8 Å². The fourth-order valence-corrected chi connectivity index (χ4v) is 2.22. The smallest absolute Gasteiger partial charge is 0.312 e. The van der Waals surface area contributed by atoms with Crippen molar-refractivity contribution in [1.29, 1.82) is 0 Å². The van der Waals surface area contributed by atoms with E-state index in [9.17, 15) is 20.0 Å². The number of aromatic hydroxyl groups is 1. The Morgan fingerprint density at radius 3 is 2.73 bits per heavy atom. The number of rotatable bonds is 6. The quantitative estimate of drug-likeness (QED) is 0.456. The number of phenolic OH excluding ortho intramolecular Hbond substituents is 1. The van der Waals surface area contributed by atoms with Gasteiger partial charge in [0.15, 0.2) is 6.61 Å². The monoisotopic (exact) mass is 377 g/mol. The van der Waals surface area contributed by atoms with E-state index in [4.69, 9.17) is 16.3 Å². The first-order valence-corrected chi connectivity index (χ1v) is 7.84. The summed E-state index contributed by atoms with van der Waals surface area (Å²) in [6.07, 6.45) is 1.06. The Balaban J connectivity index is 1.96. The van der Waals surface area contributed by atoms with E-state index in [1.165, 1.54) is 6.07 Å². The number of nitro benzene ring substituents is 1. The molecule has 2 rings (SSSR count). The number of nitrogens with zero attached hydrogens (tertiary/aromatic N) is 2. The maximum atomic E-state index is 11.7. The van der Waals surface area contributed by atoms with Crippen molar-refractivity contribution in [3.05, 3.63) is 62.2 Å². The van der Waals surface area contributed by atoms with Crippen LogP contribution in [0.2, 0.25) is 5.02 Å². The Labute approximate surface area is 154 Å². The van der Waals surface area contributed by atoms with E-state index in [-0.39, 0.29) is 17.2 Å². The van der Waals surface area contributed by atoms with Gasteiger partial charge in [-0.3, -0.25) is 14.9 Å². The van der Waals surface area contributed by atoms with Crippen molar-refractivity contribution in [3.63, 3.8) is 0 Å². The Hall–Kier alpha value is -3.13. The summed E-state index contributed by atoms with van der Waals surface area (Å²) in [6, 6.07) is 7.75. The molecule has 2 aromatic carbocycles. The number of amides is 1. The summed E-state index contributed by atoms with van der Waals surface area (Å²) >= 11 is 5.76. The third-order valence-electron chi connectivity index (χ3n) is 3.52. The van der Waals surface area contributed by atoms with Crippen LogP contribution in [0.15, 0.2) is 35.4 Å². The minimum absolute atomic E-state index is 0.000391. The van der Waals surface area contributed by atoms with Crippen LogP contribution in [-0.2, 0) is 4.79 Å². The van der Waals surface area contributed by atoms with Gasteiger partial charge in [-0.05, 0) is 43.2 Å². The van der Waals surface area contributed by atoms with Crippen LogP contribution in [0.3, 0.4) is 0 Å². The molecular formula is C17H16ClN3O5. The van der Waals surface area contributed by atoms with Crippen molar-refractivity contribution in [2.75, 3.05) is 6.61 Å². The number of carbonyl (C=O) groups excluding carboxylic acids is 1. The Kier molecular flexibility index (Phi) is 6.13. The molecule has 0 saturated heterocycles. The van der Waals surface area contributed by atoms with Gasteiger partial charge in [-0.25, -0.2) is 5.43 Å². The first-order chi connectivity index (χ1) is 12.3. The number of nitro groups is 1. The van der Waals surface area contributed by atoms with Crippen molar-refractivity contribution < 1.29 is 19.6 Å². The third-order valence-corrected chi connectivity index (χ3v) is 3.74. The Bertz CT molecular complexity index is 883. The number of hydrazone groups is 1. The highest BCUT2D eigenvalue weighted by atomic mass is 35.5. The third kappa shape index (κ3) is 4.93. The molecular weight excluding hydrogens is 362 g/mol. The van der Waals surface area contributed by atoms with Crippen LogP contribution >= 0.6 is 11.6 Å². The fraction of sp³-hybridized carbons (Fsp3) is 0.176. The highest BCUT2D eigenvalue weighted by molar-refractivity contribution is 6.31. The van der Waals surface area contributed by atoms with Gasteiger partial charge in [0, 0.05) is 16.7 Å². The highest BCUT2D eigenvalue weighted by Gasteiger charge is 2.17. The zero-order valence-electron chi connectivity index (χ0n) is 14.0. The van der Waals surface area contributed by atoms with E-state index in [1.54, 1.807) is 6.07 Å². The molecule has 9 heteroatoms. The molecule has 0 unspecified atom stereocenters. The molecule has 0 saturated carbocycles. The zero-order valence-corrected chi connectivity index (χ0v) is 14.8. The average Bonchev–Trinajstić information content (AvgIpc) is 2.58. The number of carbonyl (C=O) groups is 1. The van der Waals surface area contributed by atoms with Crippen LogP contribution in [-0.4, -0.2) is 28.8 Å². The standard InChI is InChI=1S/C17H16ClN3O5/c1-10-3-4-14(5-11(10)2)26-9-16(22)20-19-8-12-6-13(18)7-15(17(12)23)21(24)25/h3-8,23H,9H2,1-2H3,(H,20,22). The molecule has 26 heavy (non-hydrogen) atoms. The number of benzene rings is 2. The first-order valence-electron chi connectivity index (χ1n) is 7.47. The van der Waals surface area contributed by atoms with E-state index < -0.39 is 22.3 Å². The van der Waals surface area contributed by atoms with Crippen LogP contribution in [0, 0.1) is 24.0 Å². The summed E-state index contributed by atoms with van der Waals surface area (Å²) in [5.41, 5.74) is 3.80. The van der Waals surface area contributed by atoms with E-state index in [0.29, 0.717) is 5.75 Å². The molecule has 2 aromatic rings. The summed E-state index contributed by atoms with van der Waals surface area (Å²) in [5.74, 6) is -0.574. The molecule has 0 aliphatic carbocycles. The minimum atomic E-state index is -0.769. The fourth-order valence-electron chi connectivity index (χ4n) is 2.00. The van der Waals surface area contributed by atoms with Crippen molar-refractivity contribution in [3.8, 4) is 11.5 Å². The maximum Gasteiger partial charge on any atom is 0.312 e. The molecule has 2 N–H and O–H groups in total. The van der Waals surface area contributed by atoms with E-state index in [2.05, 4.69) is 10.5 Å². The number of aryl methyl sites for hydroxylation is 2. The second kappa shape index (κ2) is 8.30. The molecule has 8 nitrogen and oxygen atoms in total. The summed E-state index contributed by atoms with van der Waals surface area (Å²) < 4.78 is 5.35. The number of phenols is 1. The van der Waals surface area contributed by atoms with E-state index in [1.807, 2.05) is 26.0 Å². The normalized spacial score (nSPS) is 10.7. The Morgan fingerprint density at radius 2 is 2.08 bits per heavy atom. The van der Waals surface area contributed by atoms with Gasteiger partial charge < -0.3 is 9.84 Å². The number of hydrogen-bond acceptors (Lipinski definition) is 6. The highest BCUT2D eigenvalue weighted by Crippen LogP contribution is 2.32. The molecule has 1 amide bonds. The van der Waals surface area contributed by atoms with Crippen molar-refractivity contribution in [1.82, 2.24) is 5.43 Å². The number of halogens is 1. The van der Waals surface area contributed by atoms with Crippen molar-refractivity contribution in [2.24, 2.45) is 5.10 Å². The number of ether oxygens (including phenoxy) is 1. The molecule has 0 spiro atoms. The van der Waals surface area contributed by atoms with Gasteiger partial charge in [0.1, 0.15) is 5.75 Å². The van der Waals surface area contributed by atoms with Gasteiger partial charge in [0.2, 0.25) is 5.75 Å². The summed E-state index contributed by atoms with van der Waals surface area (Å²) in [6.45, 7) is 3.64. The van der Waals surface area contributed by atoms with Gasteiger partial charge in [-0.2, -0.15) is 5.10 Å². The minimum Gasteiger partial charge on any atom is -0.502 e. The molecule has 0 radical (unpaired) electrons. The summed E-state index contributed by atoms with van der Waals surface area (Å²) in [5, 5.41) is 24.3. The summed E-state index contributed by atoms with van der Waals surface area (Å²) in [7, 11) is 0. The van der Waals surface area contributed by atoms with Gasteiger partial charge >= 0.3 is 5.69 Å². The molecule has 136 valence electrons. The van der Waals surface area contributed by atoms with Crippen molar-refractivity contribution >= 4 is 29.4 Å². The molecule has 0 aromatic heterocycles. The number of nitrogens with one attached hydrogen (secondary N) is 1. The molecule has 0 heterocycles. The van der Waals surface area contributed by atoms with Gasteiger partial charge in [-0.1, -0.05) is 17.7 Å². The van der Waals surface area contributed by atoms with E-state index >= 15 is 0 Å². The van der Waals surface area contributed by atoms with Gasteiger partial charge in [-0.15, -0.1) is 0 Å².